The van der Waals surface area contributed by atoms with Gasteiger partial charge in [0.25, 0.3) is 11.8 Å². The van der Waals surface area contributed by atoms with Gasteiger partial charge >= 0.3 is 0 Å². The number of likely N-dealkylation sites (tertiary alicyclic amines) is 1. The number of nitrogens with zero attached hydrogens (tertiary/aromatic N) is 2. The molecule has 2 N–H and O–H groups in total. The summed E-state index contributed by atoms with van der Waals surface area (Å²) in [6.07, 6.45) is 3.44. The molecule has 1 unspecified atom stereocenters. The second-order valence-electron chi connectivity index (χ2n) is 10.5. The minimum absolute atomic E-state index is 0.203. The number of carbonyl (C=O) groups excluding carboxylic acids is 2. The van der Waals surface area contributed by atoms with Crippen LogP contribution in [0.4, 0.5) is 17.1 Å². The number of alkyl halides is 1. The van der Waals surface area contributed by atoms with Crippen LogP contribution in [0.3, 0.4) is 0 Å². The molecule has 3 aromatic carbocycles. The normalized spacial score (nSPS) is 17.3. The van der Waals surface area contributed by atoms with Gasteiger partial charge in [-0.3, -0.25) is 14.5 Å². The molecule has 0 saturated carbocycles. The van der Waals surface area contributed by atoms with E-state index in [9.17, 15) is 9.59 Å². The molecule has 9 heteroatoms. The predicted molar refractivity (Wildman–Crippen MR) is 172 cm³/mol. The summed E-state index contributed by atoms with van der Waals surface area (Å²) >= 11 is 2.42. The van der Waals surface area contributed by atoms with Crippen LogP contribution in [0, 0.1) is 6.92 Å². The van der Waals surface area contributed by atoms with Crippen LogP contribution in [0.15, 0.2) is 66.7 Å². The van der Waals surface area contributed by atoms with Gasteiger partial charge in [-0.15, -0.1) is 0 Å². The third-order valence-corrected chi connectivity index (χ3v) is 8.57. The summed E-state index contributed by atoms with van der Waals surface area (Å²) in [7, 11) is 0. The molecule has 1 atom stereocenters. The maximum absolute atomic E-state index is 13.2. The zero-order chi connectivity index (χ0) is 28.6. The molecule has 2 aliphatic heterocycles. The highest BCUT2D eigenvalue weighted by molar-refractivity contribution is 14.1. The number of carbonyl (C=O) groups is 2. The number of hydrogen-bond donors (Lipinski definition) is 2. The highest BCUT2D eigenvalue weighted by Crippen LogP contribution is 2.25. The molecule has 0 radical (unpaired) electrons. The third-order valence-electron chi connectivity index (χ3n) is 7.70. The first-order valence-corrected chi connectivity index (χ1v) is 15.7. The molecule has 2 heterocycles. The summed E-state index contributed by atoms with van der Waals surface area (Å²) < 4.78 is 12.5. The van der Waals surface area contributed by atoms with Crippen LogP contribution in [0.1, 0.15) is 45.5 Å². The lowest BCUT2D eigenvalue weighted by molar-refractivity contribution is 0.101. The fraction of sp³-hybridized carbons (Fsp3) is 0.375. The lowest BCUT2D eigenvalue weighted by atomic mass is 10.1. The minimum atomic E-state index is -0.230. The number of halogens is 1. The molecule has 0 spiro atoms. The highest BCUT2D eigenvalue weighted by Gasteiger charge is 2.23. The van der Waals surface area contributed by atoms with Gasteiger partial charge in [-0.1, -0.05) is 40.8 Å². The predicted octanol–water partition coefficient (Wildman–Crippen LogP) is 5.96. The van der Waals surface area contributed by atoms with Crippen LogP contribution >= 0.6 is 22.6 Å². The Kier molecular flexibility index (Phi) is 10.1. The molecule has 216 valence electrons. The first kappa shape index (κ1) is 29.3. The van der Waals surface area contributed by atoms with Crippen molar-refractivity contribution in [2.45, 2.75) is 32.2 Å². The lowest BCUT2D eigenvalue weighted by Crippen LogP contribution is -2.36. The summed E-state index contributed by atoms with van der Waals surface area (Å²) in [5.74, 6) is 0.256. The maximum atomic E-state index is 13.2. The average Bonchev–Trinajstić information content (AvgIpc) is 3.47. The Morgan fingerprint density at radius 1 is 0.951 bits per heavy atom. The van der Waals surface area contributed by atoms with Crippen molar-refractivity contribution >= 4 is 51.5 Å². The molecule has 2 saturated heterocycles. The van der Waals surface area contributed by atoms with Crippen molar-refractivity contribution in [3.8, 4) is 5.75 Å². The molecule has 8 nitrogen and oxygen atoms in total. The van der Waals surface area contributed by atoms with Gasteiger partial charge < -0.3 is 25.0 Å². The number of benzene rings is 3. The number of rotatable bonds is 10. The van der Waals surface area contributed by atoms with E-state index < -0.39 is 0 Å². The van der Waals surface area contributed by atoms with E-state index in [1.807, 2.05) is 49.4 Å². The number of hydrogen-bond acceptors (Lipinski definition) is 6. The Hall–Kier alpha value is -3.15. The standard InChI is InChI=1S/C32H37IN4O4/c1-23-10-11-26(34-31(38)24-5-2-7-28(19-24)36-14-17-40-18-15-36)21-30(23)35-32(39)25-6-3-9-29(20-25)41-16-12-27-8-4-13-37(27)22-33/h2-3,5-7,9-11,19-21,27H,4,8,12-18,22H2,1H3,(H,34,38)(H,35,39). The van der Waals surface area contributed by atoms with Gasteiger partial charge in [-0.25, -0.2) is 0 Å². The number of aryl methyl sites for hydroxylation is 1. The summed E-state index contributed by atoms with van der Waals surface area (Å²) in [4.78, 5) is 30.9. The molecule has 5 rings (SSSR count). The molecule has 2 amide bonds. The minimum Gasteiger partial charge on any atom is -0.494 e. The van der Waals surface area contributed by atoms with Crippen LogP contribution in [0.5, 0.6) is 5.75 Å². The van der Waals surface area contributed by atoms with Crippen LogP contribution < -0.4 is 20.3 Å². The van der Waals surface area contributed by atoms with Crippen LogP contribution in [0.25, 0.3) is 0 Å². The highest BCUT2D eigenvalue weighted by atomic mass is 127. The number of ether oxygens (including phenoxy) is 2. The van der Waals surface area contributed by atoms with Crippen molar-refractivity contribution in [2.24, 2.45) is 0 Å². The second kappa shape index (κ2) is 14.2. The summed E-state index contributed by atoms with van der Waals surface area (Å²) in [6.45, 7) is 6.69. The Balaban J connectivity index is 1.19. The van der Waals surface area contributed by atoms with Crippen molar-refractivity contribution in [3.05, 3.63) is 83.4 Å². The summed E-state index contributed by atoms with van der Waals surface area (Å²) in [5, 5.41) is 5.98. The first-order chi connectivity index (χ1) is 20.0. The van der Waals surface area contributed by atoms with Gasteiger partial charge in [0.1, 0.15) is 5.75 Å². The Morgan fingerprint density at radius 3 is 2.51 bits per heavy atom. The van der Waals surface area contributed by atoms with E-state index in [0.29, 0.717) is 54.1 Å². The smallest absolute Gasteiger partial charge is 0.255 e. The fourth-order valence-corrected chi connectivity index (χ4v) is 6.22. The average molecular weight is 669 g/mol. The van der Waals surface area contributed by atoms with Crippen LogP contribution in [-0.4, -0.2) is 66.8 Å². The molecular weight excluding hydrogens is 631 g/mol. The lowest BCUT2D eigenvalue weighted by Gasteiger charge is -2.29. The Morgan fingerprint density at radius 2 is 1.71 bits per heavy atom. The SMILES string of the molecule is Cc1ccc(NC(=O)c2cccc(N3CCOCC3)c2)cc1NC(=O)c1cccc(OCCC2CCCN2CI)c1. The zero-order valence-corrected chi connectivity index (χ0v) is 25.6. The molecular formula is C32H37IN4O4. The molecule has 2 fully saturated rings. The third kappa shape index (κ3) is 7.78. The van der Waals surface area contributed by atoms with E-state index in [1.54, 1.807) is 24.3 Å². The van der Waals surface area contributed by atoms with E-state index in [0.717, 1.165) is 41.9 Å². The first-order valence-electron chi connectivity index (χ1n) is 14.2. The number of nitrogens with one attached hydrogen (secondary N) is 2. The molecule has 2 aliphatic rings. The number of amides is 2. The van der Waals surface area contributed by atoms with Gasteiger partial charge in [0.05, 0.1) is 24.4 Å². The zero-order valence-electron chi connectivity index (χ0n) is 23.4. The topological polar surface area (TPSA) is 83.1 Å². The van der Waals surface area contributed by atoms with E-state index in [-0.39, 0.29) is 11.8 Å². The molecule has 3 aromatic rings. The molecule has 0 aromatic heterocycles. The monoisotopic (exact) mass is 668 g/mol. The van der Waals surface area contributed by atoms with E-state index in [1.165, 1.54) is 12.8 Å². The van der Waals surface area contributed by atoms with Crippen molar-refractivity contribution < 1.29 is 19.1 Å². The maximum Gasteiger partial charge on any atom is 0.255 e. The van der Waals surface area contributed by atoms with Crippen LogP contribution in [0.2, 0.25) is 0 Å². The molecule has 41 heavy (non-hydrogen) atoms. The second-order valence-corrected chi connectivity index (χ2v) is 11.2. The largest absolute Gasteiger partial charge is 0.494 e. The number of morpholine rings is 1. The van der Waals surface area contributed by atoms with Gasteiger partial charge in [-0.05, 0) is 86.8 Å². The molecule has 0 bridgehead atoms. The Bertz CT molecular complexity index is 1360. The quantitative estimate of drug-likeness (QED) is 0.158. The van der Waals surface area contributed by atoms with E-state index in [4.69, 9.17) is 9.47 Å². The van der Waals surface area contributed by atoms with Gasteiger partial charge in [0.15, 0.2) is 0 Å². The van der Waals surface area contributed by atoms with Crippen LogP contribution in [-0.2, 0) is 4.74 Å². The van der Waals surface area contributed by atoms with E-state index >= 15 is 0 Å². The summed E-state index contributed by atoms with van der Waals surface area (Å²) in [6, 6.07) is 21.0. The number of anilines is 3. The van der Waals surface area contributed by atoms with Crippen molar-refractivity contribution in [3.63, 3.8) is 0 Å². The van der Waals surface area contributed by atoms with Crippen molar-refractivity contribution in [1.82, 2.24) is 4.90 Å². The van der Waals surface area contributed by atoms with Crippen molar-refractivity contribution in [1.29, 1.82) is 0 Å². The van der Waals surface area contributed by atoms with Crippen molar-refractivity contribution in [2.75, 3.05) is 59.5 Å². The van der Waals surface area contributed by atoms with Gasteiger partial charge in [0, 0.05) is 47.3 Å². The Labute approximate surface area is 255 Å². The molecule has 0 aliphatic carbocycles. The summed E-state index contributed by atoms with van der Waals surface area (Å²) in [5.41, 5.74) is 4.25. The van der Waals surface area contributed by atoms with E-state index in [2.05, 4.69) is 43.0 Å². The van der Waals surface area contributed by atoms with Gasteiger partial charge in [0.2, 0.25) is 0 Å². The van der Waals surface area contributed by atoms with Gasteiger partial charge in [-0.2, -0.15) is 0 Å². The fourth-order valence-electron chi connectivity index (χ4n) is 5.32.